The van der Waals surface area contributed by atoms with Gasteiger partial charge in [-0.1, -0.05) is 0 Å². The fourth-order valence-electron chi connectivity index (χ4n) is 1.76. The molecule has 88 valence electrons. The molecule has 1 fully saturated rings. The number of methoxy groups -OCH3 is 1. The zero-order valence-corrected chi connectivity index (χ0v) is 9.69. The number of hydrogen-bond acceptors (Lipinski definition) is 5. The van der Waals surface area contributed by atoms with E-state index in [4.69, 9.17) is 9.47 Å². The monoisotopic (exact) mass is 223 g/mol. The van der Waals surface area contributed by atoms with Crippen LogP contribution >= 0.6 is 0 Å². The summed E-state index contributed by atoms with van der Waals surface area (Å²) in [5.74, 6) is 0.829. The number of ether oxygens (including phenoxy) is 2. The Balaban J connectivity index is 1.95. The third kappa shape index (κ3) is 2.48. The molecule has 5 heteroatoms. The molecule has 5 nitrogen and oxygen atoms in total. The van der Waals surface area contributed by atoms with Crippen LogP contribution in [0.25, 0.3) is 0 Å². The lowest BCUT2D eigenvalue weighted by Crippen LogP contribution is -2.39. The highest BCUT2D eigenvalue weighted by Gasteiger charge is 2.34. The van der Waals surface area contributed by atoms with Gasteiger partial charge in [0.25, 0.3) is 0 Å². The minimum atomic E-state index is -0.209. The van der Waals surface area contributed by atoms with Crippen LogP contribution in [0.3, 0.4) is 0 Å². The second-order valence-electron chi connectivity index (χ2n) is 4.09. The largest absolute Gasteiger partial charge is 0.378 e. The van der Waals surface area contributed by atoms with E-state index in [-0.39, 0.29) is 5.60 Å². The Hall–Kier alpha value is -1.20. The van der Waals surface area contributed by atoms with Gasteiger partial charge >= 0.3 is 0 Å². The summed E-state index contributed by atoms with van der Waals surface area (Å²) >= 11 is 0. The summed E-state index contributed by atoms with van der Waals surface area (Å²) in [4.78, 5) is 8.20. The van der Waals surface area contributed by atoms with E-state index >= 15 is 0 Å². The topological polar surface area (TPSA) is 56.3 Å². The summed E-state index contributed by atoms with van der Waals surface area (Å²) in [5.41, 5.74) is 0.741. The molecular formula is C11H17N3O2. The van der Waals surface area contributed by atoms with E-state index < -0.39 is 0 Å². The molecule has 0 radical (unpaired) electrons. The first kappa shape index (κ1) is 11.3. The minimum absolute atomic E-state index is 0.209. The molecule has 0 aromatic carbocycles. The Kier molecular flexibility index (Phi) is 3.36. The average Bonchev–Trinajstić information content (AvgIpc) is 2.76. The number of aryl methyl sites for hydroxylation is 1. The van der Waals surface area contributed by atoms with Gasteiger partial charge in [0, 0.05) is 38.4 Å². The van der Waals surface area contributed by atoms with Crippen molar-refractivity contribution < 1.29 is 9.47 Å². The third-order valence-electron chi connectivity index (χ3n) is 2.90. The molecule has 0 bridgehead atoms. The zero-order valence-electron chi connectivity index (χ0n) is 9.69. The lowest BCUT2D eigenvalue weighted by molar-refractivity contribution is -0.00625. The zero-order chi connectivity index (χ0) is 11.4. The van der Waals surface area contributed by atoms with Crippen LogP contribution in [0.4, 0.5) is 5.82 Å². The van der Waals surface area contributed by atoms with Gasteiger partial charge in [-0.25, -0.2) is 9.97 Å². The van der Waals surface area contributed by atoms with Crippen molar-refractivity contribution in [1.29, 1.82) is 0 Å². The molecule has 1 aliphatic heterocycles. The highest BCUT2D eigenvalue weighted by molar-refractivity contribution is 5.35. The summed E-state index contributed by atoms with van der Waals surface area (Å²) in [5, 5.41) is 3.26. The molecule has 0 saturated carbocycles. The Labute approximate surface area is 95.2 Å². The van der Waals surface area contributed by atoms with Gasteiger partial charge in [-0.05, 0) is 6.92 Å². The number of hydrogen-bond donors (Lipinski definition) is 1. The van der Waals surface area contributed by atoms with Crippen LogP contribution < -0.4 is 5.32 Å². The van der Waals surface area contributed by atoms with E-state index in [1.807, 2.05) is 13.0 Å². The molecule has 1 unspecified atom stereocenters. The van der Waals surface area contributed by atoms with Crippen LogP contribution in [0.1, 0.15) is 12.1 Å². The van der Waals surface area contributed by atoms with Crippen molar-refractivity contribution in [3.8, 4) is 0 Å². The van der Waals surface area contributed by atoms with Crippen molar-refractivity contribution in [2.24, 2.45) is 0 Å². The van der Waals surface area contributed by atoms with Crippen molar-refractivity contribution in [1.82, 2.24) is 9.97 Å². The summed E-state index contributed by atoms with van der Waals surface area (Å²) in [7, 11) is 1.72. The maximum absolute atomic E-state index is 5.52. The molecule has 1 N–H and O–H groups in total. The Morgan fingerprint density at radius 2 is 2.44 bits per heavy atom. The van der Waals surface area contributed by atoms with E-state index in [9.17, 15) is 0 Å². The van der Waals surface area contributed by atoms with Crippen molar-refractivity contribution in [3.05, 3.63) is 18.1 Å². The standard InChI is InChI=1S/C11H17N3O2/c1-9-5-10(14-8-13-9)12-6-11(15-2)3-4-16-7-11/h5,8H,3-4,6-7H2,1-2H3,(H,12,13,14). The maximum Gasteiger partial charge on any atom is 0.129 e. The third-order valence-corrected chi connectivity index (χ3v) is 2.90. The number of rotatable bonds is 4. The smallest absolute Gasteiger partial charge is 0.129 e. The van der Waals surface area contributed by atoms with Crippen molar-refractivity contribution >= 4 is 5.82 Å². The lowest BCUT2D eigenvalue weighted by atomic mass is 10.0. The van der Waals surface area contributed by atoms with E-state index in [2.05, 4.69) is 15.3 Å². The fourth-order valence-corrected chi connectivity index (χ4v) is 1.76. The quantitative estimate of drug-likeness (QED) is 0.825. The molecule has 2 heterocycles. The highest BCUT2D eigenvalue weighted by Crippen LogP contribution is 2.22. The summed E-state index contributed by atoms with van der Waals surface area (Å²) < 4.78 is 10.9. The van der Waals surface area contributed by atoms with Gasteiger partial charge in [-0.3, -0.25) is 0 Å². The van der Waals surface area contributed by atoms with Crippen molar-refractivity contribution in [2.75, 3.05) is 32.2 Å². The molecule has 0 aliphatic carbocycles. The van der Waals surface area contributed by atoms with Crippen molar-refractivity contribution in [3.63, 3.8) is 0 Å². The first-order valence-electron chi connectivity index (χ1n) is 5.39. The Morgan fingerprint density at radius 3 is 3.06 bits per heavy atom. The predicted molar refractivity (Wildman–Crippen MR) is 60.4 cm³/mol. The molecule has 1 aromatic heterocycles. The van der Waals surface area contributed by atoms with Gasteiger partial charge in [0.1, 0.15) is 17.7 Å². The van der Waals surface area contributed by atoms with Gasteiger partial charge in [0.15, 0.2) is 0 Å². The summed E-state index contributed by atoms with van der Waals surface area (Å²) in [6, 6.07) is 1.92. The second kappa shape index (κ2) is 4.76. The Bertz CT molecular complexity index is 351. The molecule has 1 atom stereocenters. The SMILES string of the molecule is COC1(CNc2cc(C)ncn2)CCOC1. The van der Waals surface area contributed by atoms with E-state index in [0.717, 1.165) is 24.5 Å². The van der Waals surface area contributed by atoms with Crippen LogP contribution in [0, 0.1) is 6.92 Å². The van der Waals surface area contributed by atoms with Crippen LogP contribution in [0.2, 0.25) is 0 Å². The molecule has 0 amide bonds. The second-order valence-corrected chi connectivity index (χ2v) is 4.09. The molecule has 1 aromatic rings. The fraction of sp³-hybridized carbons (Fsp3) is 0.636. The predicted octanol–water partition coefficient (Wildman–Crippen LogP) is 1.00. The number of aromatic nitrogens is 2. The highest BCUT2D eigenvalue weighted by atomic mass is 16.5. The molecule has 2 rings (SSSR count). The first-order chi connectivity index (χ1) is 7.74. The first-order valence-corrected chi connectivity index (χ1v) is 5.39. The minimum Gasteiger partial charge on any atom is -0.378 e. The van der Waals surface area contributed by atoms with Gasteiger partial charge in [0.05, 0.1) is 6.61 Å². The van der Waals surface area contributed by atoms with E-state index in [1.54, 1.807) is 13.4 Å². The van der Waals surface area contributed by atoms with Gasteiger partial charge in [-0.15, -0.1) is 0 Å². The van der Waals surface area contributed by atoms with Crippen LogP contribution in [-0.4, -0.2) is 42.4 Å². The number of anilines is 1. The Morgan fingerprint density at radius 1 is 1.56 bits per heavy atom. The van der Waals surface area contributed by atoms with Crippen LogP contribution in [-0.2, 0) is 9.47 Å². The number of nitrogens with one attached hydrogen (secondary N) is 1. The van der Waals surface area contributed by atoms with E-state index in [1.165, 1.54) is 0 Å². The number of nitrogens with zero attached hydrogens (tertiary/aromatic N) is 2. The van der Waals surface area contributed by atoms with Gasteiger partial charge in [-0.2, -0.15) is 0 Å². The molecule has 1 saturated heterocycles. The van der Waals surface area contributed by atoms with Crippen molar-refractivity contribution in [2.45, 2.75) is 18.9 Å². The normalized spacial score (nSPS) is 24.6. The lowest BCUT2D eigenvalue weighted by Gasteiger charge is -2.26. The summed E-state index contributed by atoms with van der Waals surface area (Å²) in [6.07, 6.45) is 2.48. The van der Waals surface area contributed by atoms with Gasteiger partial charge < -0.3 is 14.8 Å². The van der Waals surface area contributed by atoms with Crippen LogP contribution in [0.5, 0.6) is 0 Å². The average molecular weight is 223 g/mol. The van der Waals surface area contributed by atoms with Gasteiger partial charge in [0.2, 0.25) is 0 Å². The van der Waals surface area contributed by atoms with Crippen LogP contribution in [0.15, 0.2) is 12.4 Å². The molecule has 0 spiro atoms. The molecule has 1 aliphatic rings. The molecule has 16 heavy (non-hydrogen) atoms. The summed E-state index contributed by atoms with van der Waals surface area (Å²) in [6.45, 7) is 4.05. The van der Waals surface area contributed by atoms with E-state index in [0.29, 0.717) is 13.2 Å². The molecular weight excluding hydrogens is 206 g/mol. The maximum atomic E-state index is 5.52.